The Morgan fingerprint density at radius 3 is 2.62 bits per heavy atom. The summed E-state index contributed by atoms with van der Waals surface area (Å²) in [5, 5.41) is 18.6. The second-order valence-corrected chi connectivity index (χ2v) is 10.4. The number of nitrogens with one attached hydrogen (secondary N) is 2. The van der Waals surface area contributed by atoms with Crippen LogP contribution in [0.3, 0.4) is 0 Å². The van der Waals surface area contributed by atoms with Crippen LogP contribution in [0.1, 0.15) is 65.7 Å². The van der Waals surface area contributed by atoms with Gasteiger partial charge in [-0.25, -0.2) is 10.1 Å². The molecule has 1 aliphatic heterocycles. The van der Waals surface area contributed by atoms with Crippen molar-refractivity contribution in [2.24, 2.45) is 5.41 Å². The molecular formula is C29H32N6O4. The Labute approximate surface area is 227 Å². The number of carbonyl (C=O) groups is 2. The number of H-pyrrole nitrogens is 1. The summed E-state index contributed by atoms with van der Waals surface area (Å²) >= 11 is 0. The number of amides is 2. The van der Waals surface area contributed by atoms with E-state index in [0.717, 1.165) is 17.5 Å². The minimum Gasteiger partial charge on any atom is -0.450 e. The smallest absolute Gasteiger partial charge is 0.307 e. The first-order valence-electron chi connectivity index (χ1n) is 12.8. The first-order chi connectivity index (χ1) is 18.5. The van der Waals surface area contributed by atoms with Gasteiger partial charge in [0.25, 0.3) is 5.91 Å². The summed E-state index contributed by atoms with van der Waals surface area (Å²) in [5.74, 6) is -0.389. The number of ether oxygens (including phenoxy) is 1. The van der Waals surface area contributed by atoms with Crippen LogP contribution in [0.5, 0.6) is 11.5 Å². The second kappa shape index (κ2) is 11.1. The highest BCUT2D eigenvalue weighted by Crippen LogP contribution is 2.43. The Bertz CT molecular complexity index is 1510. The van der Waals surface area contributed by atoms with Crippen molar-refractivity contribution in [1.82, 2.24) is 25.4 Å². The summed E-state index contributed by atoms with van der Waals surface area (Å²) < 4.78 is 5.67. The molecule has 3 aromatic rings. The van der Waals surface area contributed by atoms with Crippen molar-refractivity contribution >= 4 is 11.8 Å². The van der Waals surface area contributed by atoms with Gasteiger partial charge in [0.15, 0.2) is 5.75 Å². The molecule has 10 heteroatoms. The van der Waals surface area contributed by atoms with Crippen LogP contribution in [0.25, 0.3) is 0 Å². The van der Waals surface area contributed by atoms with E-state index in [1.807, 2.05) is 39.0 Å². The van der Waals surface area contributed by atoms with E-state index in [1.54, 1.807) is 24.8 Å². The molecule has 39 heavy (non-hydrogen) atoms. The van der Waals surface area contributed by atoms with Crippen LogP contribution in [-0.4, -0.2) is 44.5 Å². The lowest BCUT2D eigenvalue weighted by Gasteiger charge is -2.36. The number of benzene rings is 1. The zero-order valence-electron chi connectivity index (χ0n) is 22.7. The third-order valence-corrected chi connectivity index (χ3v) is 7.01. The van der Waals surface area contributed by atoms with Crippen molar-refractivity contribution in [1.29, 1.82) is 5.26 Å². The van der Waals surface area contributed by atoms with Crippen molar-refractivity contribution in [2.75, 3.05) is 6.54 Å². The van der Waals surface area contributed by atoms with Crippen LogP contribution in [0.4, 0.5) is 0 Å². The number of nitrogens with zero attached hydrogens (tertiary/aromatic N) is 4. The lowest BCUT2D eigenvalue weighted by atomic mass is 9.84. The van der Waals surface area contributed by atoms with Crippen molar-refractivity contribution in [2.45, 2.75) is 59.5 Å². The molecule has 3 heterocycles. The Hall–Kier alpha value is -4.52. The number of aromatic nitrogens is 3. The summed E-state index contributed by atoms with van der Waals surface area (Å²) in [5.41, 5.74) is 1.97. The van der Waals surface area contributed by atoms with E-state index in [0.29, 0.717) is 23.6 Å². The molecule has 2 aromatic heterocycles. The van der Waals surface area contributed by atoms with Gasteiger partial charge >= 0.3 is 5.56 Å². The van der Waals surface area contributed by atoms with Gasteiger partial charge < -0.3 is 15.0 Å². The molecule has 202 valence electrons. The van der Waals surface area contributed by atoms with Gasteiger partial charge in [0.2, 0.25) is 5.91 Å². The van der Waals surface area contributed by atoms with E-state index in [9.17, 15) is 19.6 Å². The lowest BCUT2D eigenvalue weighted by molar-refractivity contribution is -0.134. The standard InChI is InChI=1S/C29H32N6O4/c1-17-7-6-8-20(13-17)22-10-12-25(29(4,5)16-30)35(22)26(36)15-31-27(37)21-9-11-23(19(3)32-21)39-24-14-18(2)33-34-28(24)38/h6-9,11,13-14,22,25H,10,12,15H2,1-5H3,(H,31,37)(H,34,38)/t22?,25-/m1/s1. The number of likely N-dealkylation sites (tertiary alicyclic amines) is 1. The second-order valence-electron chi connectivity index (χ2n) is 10.4. The van der Waals surface area contributed by atoms with E-state index >= 15 is 0 Å². The molecule has 0 aliphatic carbocycles. The SMILES string of the molecule is Cc1cccc(C2CC[C@H](C(C)(C)C#N)N2C(=O)CNC(=O)c2ccc(Oc3cc(C)n[nH]c3=O)c(C)n2)c1. The third kappa shape index (κ3) is 5.98. The molecular weight excluding hydrogens is 496 g/mol. The van der Waals surface area contributed by atoms with Crippen molar-refractivity contribution < 1.29 is 14.3 Å². The maximum atomic E-state index is 13.5. The fourth-order valence-corrected chi connectivity index (χ4v) is 4.94. The molecule has 2 amide bonds. The van der Waals surface area contributed by atoms with Gasteiger partial charge in [-0.15, -0.1) is 0 Å². The predicted molar refractivity (Wildman–Crippen MR) is 144 cm³/mol. The molecule has 10 nitrogen and oxygen atoms in total. The topological polar surface area (TPSA) is 141 Å². The monoisotopic (exact) mass is 528 g/mol. The Balaban J connectivity index is 1.49. The van der Waals surface area contributed by atoms with Gasteiger partial charge in [0, 0.05) is 6.07 Å². The average molecular weight is 529 g/mol. The Morgan fingerprint density at radius 1 is 1.15 bits per heavy atom. The Kier molecular flexibility index (Phi) is 7.81. The van der Waals surface area contributed by atoms with E-state index in [4.69, 9.17) is 4.74 Å². The number of carbonyl (C=O) groups excluding carboxylic acids is 2. The molecule has 1 saturated heterocycles. The van der Waals surface area contributed by atoms with Gasteiger partial charge in [0.05, 0.1) is 41.5 Å². The minimum absolute atomic E-state index is 0.0684. The maximum Gasteiger partial charge on any atom is 0.307 e. The first-order valence-corrected chi connectivity index (χ1v) is 12.8. The van der Waals surface area contributed by atoms with Crippen molar-refractivity contribution in [3.05, 3.63) is 81.0 Å². The van der Waals surface area contributed by atoms with Gasteiger partial charge in [-0.3, -0.25) is 14.4 Å². The highest BCUT2D eigenvalue weighted by molar-refractivity contribution is 5.95. The molecule has 0 spiro atoms. The molecule has 1 fully saturated rings. The van der Waals surface area contributed by atoms with Gasteiger partial charge in [0.1, 0.15) is 11.4 Å². The molecule has 0 bridgehead atoms. The summed E-state index contributed by atoms with van der Waals surface area (Å²) in [4.78, 5) is 44.5. The number of hydrogen-bond acceptors (Lipinski definition) is 7. The zero-order chi connectivity index (χ0) is 28.3. The quantitative estimate of drug-likeness (QED) is 0.474. The molecule has 0 saturated carbocycles. The highest BCUT2D eigenvalue weighted by Gasteiger charge is 2.45. The minimum atomic E-state index is -0.748. The highest BCUT2D eigenvalue weighted by atomic mass is 16.5. The molecule has 4 rings (SSSR count). The summed E-state index contributed by atoms with van der Waals surface area (Å²) in [7, 11) is 0. The molecule has 2 atom stereocenters. The van der Waals surface area contributed by atoms with Crippen LogP contribution < -0.4 is 15.6 Å². The molecule has 0 radical (unpaired) electrons. The first kappa shape index (κ1) is 27.5. The predicted octanol–water partition coefficient (Wildman–Crippen LogP) is 3.89. The number of aryl methyl sites for hydroxylation is 3. The number of pyridine rings is 1. The average Bonchev–Trinajstić information content (AvgIpc) is 3.37. The fourth-order valence-electron chi connectivity index (χ4n) is 4.94. The van der Waals surface area contributed by atoms with E-state index in [2.05, 4.69) is 32.6 Å². The third-order valence-electron chi connectivity index (χ3n) is 7.01. The molecule has 1 aromatic carbocycles. The van der Waals surface area contributed by atoms with Crippen LogP contribution in [0.15, 0.2) is 47.3 Å². The number of rotatable bonds is 7. The van der Waals surface area contributed by atoms with Crippen molar-refractivity contribution in [3.8, 4) is 17.6 Å². The molecule has 2 N–H and O–H groups in total. The number of nitriles is 1. The van der Waals surface area contributed by atoms with Gasteiger partial charge in [-0.1, -0.05) is 29.8 Å². The summed E-state index contributed by atoms with van der Waals surface area (Å²) in [6, 6.07) is 14.4. The van der Waals surface area contributed by atoms with Gasteiger partial charge in [-0.2, -0.15) is 10.4 Å². The Morgan fingerprint density at radius 2 is 1.92 bits per heavy atom. The lowest BCUT2D eigenvalue weighted by Crippen LogP contribution is -2.48. The maximum absolute atomic E-state index is 13.5. The fraction of sp³-hybridized carbons (Fsp3) is 0.379. The van der Waals surface area contributed by atoms with E-state index in [-0.39, 0.29) is 36.0 Å². The van der Waals surface area contributed by atoms with Crippen LogP contribution in [-0.2, 0) is 4.79 Å². The van der Waals surface area contributed by atoms with Crippen LogP contribution in [0.2, 0.25) is 0 Å². The van der Waals surface area contributed by atoms with Gasteiger partial charge in [-0.05, 0) is 65.2 Å². The normalized spacial score (nSPS) is 17.0. The number of aromatic amines is 1. The van der Waals surface area contributed by atoms with E-state index in [1.165, 1.54) is 12.1 Å². The molecule has 1 unspecified atom stereocenters. The summed E-state index contributed by atoms with van der Waals surface area (Å²) in [6.45, 7) is 8.83. The van der Waals surface area contributed by atoms with Crippen LogP contribution in [0, 0.1) is 37.5 Å². The molecule has 1 aliphatic rings. The summed E-state index contributed by atoms with van der Waals surface area (Å²) in [6.07, 6.45) is 1.43. The van der Waals surface area contributed by atoms with Crippen LogP contribution >= 0.6 is 0 Å². The largest absolute Gasteiger partial charge is 0.450 e. The van der Waals surface area contributed by atoms with Crippen molar-refractivity contribution in [3.63, 3.8) is 0 Å². The zero-order valence-corrected chi connectivity index (χ0v) is 22.7. The van der Waals surface area contributed by atoms with E-state index < -0.39 is 16.9 Å². The number of hydrogen-bond donors (Lipinski definition) is 2.